The van der Waals surface area contributed by atoms with Gasteiger partial charge in [0, 0.05) is 45.1 Å². The third-order valence-electron chi connectivity index (χ3n) is 5.01. The minimum Gasteiger partial charge on any atom is -0.379 e. The fourth-order valence-corrected chi connectivity index (χ4v) is 3.54. The van der Waals surface area contributed by atoms with E-state index < -0.39 is 0 Å². The topological polar surface area (TPSA) is 75.5 Å². The van der Waals surface area contributed by atoms with Crippen LogP contribution in [-0.4, -0.2) is 69.8 Å². The molecule has 1 saturated heterocycles. The van der Waals surface area contributed by atoms with Gasteiger partial charge in [-0.3, -0.25) is 9.88 Å². The van der Waals surface area contributed by atoms with Crippen molar-refractivity contribution in [1.29, 1.82) is 0 Å². The number of aromatic nitrogens is 3. The number of carbonyl (C=O) groups is 1. The highest BCUT2D eigenvalue weighted by Crippen LogP contribution is 2.19. The van der Waals surface area contributed by atoms with E-state index in [0.29, 0.717) is 32.8 Å². The zero-order valence-electron chi connectivity index (χ0n) is 14.8. The van der Waals surface area contributed by atoms with Crippen LogP contribution in [0.3, 0.4) is 0 Å². The molecule has 0 radical (unpaired) electrons. The number of nitrogens with one attached hydrogen (secondary N) is 1. The number of carbonyl (C=O) groups excluding carboxylic acids is 1. The third kappa shape index (κ3) is 3.71. The summed E-state index contributed by atoms with van der Waals surface area (Å²) in [6.07, 6.45) is 5.44. The first-order valence-electron chi connectivity index (χ1n) is 9.06. The van der Waals surface area contributed by atoms with E-state index in [-0.39, 0.29) is 12.1 Å². The molecule has 0 bridgehead atoms. The first kappa shape index (κ1) is 17.0. The number of amides is 2. The largest absolute Gasteiger partial charge is 0.379 e. The Labute approximate surface area is 152 Å². The van der Waals surface area contributed by atoms with Gasteiger partial charge in [-0.05, 0) is 12.1 Å². The molecule has 0 spiro atoms. The van der Waals surface area contributed by atoms with Gasteiger partial charge in [0.2, 0.25) is 0 Å². The average Bonchev–Trinajstić information content (AvgIpc) is 3.17. The molecule has 4 heterocycles. The minimum atomic E-state index is -0.0355. The lowest BCUT2D eigenvalue weighted by molar-refractivity contribution is 0.0155. The third-order valence-corrected chi connectivity index (χ3v) is 5.01. The summed E-state index contributed by atoms with van der Waals surface area (Å²) in [5.74, 6) is 0. The quantitative estimate of drug-likeness (QED) is 0.880. The summed E-state index contributed by atoms with van der Waals surface area (Å²) in [7, 11) is 0. The Morgan fingerprint density at radius 1 is 1.23 bits per heavy atom. The van der Waals surface area contributed by atoms with Crippen LogP contribution in [-0.2, 0) is 17.8 Å². The van der Waals surface area contributed by atoms with Crippen molar-refractivity contribution in [2.75, 3.05) is 39.4 Å². The molecule has 1 fully saturated rings. The van der Waals surface area contributed by atoms with E-state index in [1.807, 2.05) is 35.6 Å². The number of ether oxygens (including phenoxy) is 1. The summed E-state index contributed by atoms with van der Waals surface area (Å²) in [5.41, 5.74) is 2.05. The number of urea groups is 1. The van der Waals surface area contributed by atoms with Gasteiger partial charge in [0.05, 0.1) is 43.5 Å². The first-order chi connectivity index (χ1) is 12.8. The minimum absolute atomic E-state index is 0.0355. The zero-order valence-corrected chi connectivity index (χ0v) is 14.8. The molecule has 0 aliphatic carbocycles. The highest BCUT2D eigenvalue weighted by atomic mass is 16.5. The molecule has 26 heavy (non-hydrogen) atoms. The Kier molecular flexibility index (Phi) is 5.12. The van der Waals surface area contributed by atoms with Gasteiger partial charge in [0.1, 0.15) is 0 Å². The molecule has 8 heteroatoms. The molecular formula is C18H24N6O2. The number of hydrogen-bond donors (Lipinski definition) is 1. The van der Waals surface area contributed by atoms with Crippen molar-refractivity contribution in [2.45, 2.75) is 19.1 Å². The first-order valence-corrected chi connectivity index (χ1v) is 9.06. The van der Waals surface area contributed by atoms with Crippen LogP contribution in [0.1, 0.15) is 17.4 Å². The fourth-order valence-electron chi connectivity index (χ4n) is 3.54. The molecule has 138 valence electrons. The van der Waals surface area contributed by atoms with Crippen LogP contribution in [0.25, 0.3) is 0 Å². The average molecular weight is 356 g/mol. The van der Waals surface area contributed by atoms with Crippen molar-refractivity contribution in [2.24, 2.45) is 0 Å². The molecule has 1 N–H and O–H groups in total. The summed E-state index contributed by atoms with van der Waals surface area (Å²) in [4.78, 5) is 25.5. The second-order valence-electron chi connectivity index (χ2n) is 6.60. The Hall–Kier alpha value is -2.45. The van der Waals surface area contributed by atoms with Crippen molar-refractivity contribution in [3.05, 3.63) is 48.3 Å². The summed E-state index contributed by atoms with van der Waals surface area (Å²) in [6, 6.07) is 5.94. The number of fused-ring (bicyclic) bond motifs is 1. The molecule has 8 nitrogen and oxygen atoms in total. The predicted molar refractivity (Wildman–Crippen MR) is 95.4 cm³/mol. The number of nitrogens with zero attached hydrogens (tertiary/aromatic N) is 5. The van der Waals surface area contributed by atoms with E-state index in [1.54, 1.807) is 6.20 Å². The van der Waals surface area contributed by atoms with Gasteiger partial charge in [0.15, 0.2) is 0 Å². The molecule has 2 aromatic heterocycles. The van der Waals surface area contributed by atoms with Gasteiger partial charge >= 0.3 is 6.03 Å². The summed E-state index contributed by atoms with van der Waals surface area (Å²) < 4.78 is 7.56. The number of imidazole rings is 1. The van der Waals surface area contributed by atoms with E-state index in [1.165, 1.54) is 0 Å². The smallest absolute Gasteiger partial charge is 0.317 e. The standard InChI is InChI=1S/C18H24N6O2/c25-18(23-5-6-24-14-19-11-15(24)13-23)21-12-17(16-3-1-2-4-20-16)22-7-9-26-10-8-22/h1-4,11,14,17H,5-10,12-13H2,(H,21,25)/t17-/m0/s1. The summed E-state index contributed by atoms with van der Waals surface area (Å²) in [6.45, 7) is 5.74. The molecule has 0 unspecified atom stereocenters. The lowest BCUT2D eigenvalue weighted by Gasteiger charge is -2.35. The van der Waals surface area contributed by atoms with E-state index in [2.05, 4.69) is 24.8 Å². The van der Waals surface area contributed by atoms with Gasteiger partial charge in [-0.25, -0.2) is 9.78 Å². The van der Waals surface area contributed by atoms with Crippen LogP contribution in [0.15, 0.2) is 36.9 Å². The molecule has 0 aromatic carbocycles. The number of hydrogen-bond acceptors (Lipinski definition) is 5. The van der Waals surface area contributed by atoms with Crippen molar-refractivity contribution in [1.82, 2.24) is 29.7 Å². The Bertz CT molecular complexity index is 728. The van der Waals surface area contributed by atoms with E-state index in [9.17, 15) is 4.79 Å². The monoisotopic (exact) mass is 356 g/mol. The molecule has 2 aliphatic rings. The van der Waals surface area contributed by atoms with Gasteiger partial charge in [-0.1, -0.05) is 6.07 Å². The molecule has 2 amide bonds. The molecule has 4 rings (SSSR count). The maximum absolute atomic E-state index is 12.7. The predicted octanol–water partition coefficient (Wildman–Crippen LogP) is 0.877. The van der Waals surface area contributed by atoms with Crippen LogP contribution in [0.5, 0.6) is 0 Å². The molecule has 2 aliphatic heterocycles. The van der Waals surface area contributed by atoms with Crippen LogP contribution < -0.4 is 5.32 Å². The highest BCUT2D eigenvalue weighted by Gasteiger charge is 2.26. The maximum atomic E-state index is 12.7. The van der Waals surface area contributed by atoms with Crippen LogP contribution in [0.2, 0.25) is 0 Å². The SMILES string of the molecule is O=C(NC[C@@H](c1ccccn1)N1CCOCC1)N1CCn2cncc2C1. The number of pyridine rings is 1. The number of morpholine rings is 1. The van der Waals surface area contributed by atoms with Crippen LogP contribution in [0, 0.1) is 0 Å². The normalized spacial score (nSPS) is 19.0. The van der Waals surface area contributed by atoms with E-state index in [0.717, 1.165) is 31.0 Å². The molecule has 0 saturated carbocycles. The Balaban J connectivity index is 1.40. The van der Waals surface area contributed by atoms with Gasteiger partial charge in [-0.2, -0.15) is 0 Å². The van der Waals surface area contributed by atoms with E-state index in [4.69, 9.17) is 4.74 Å². The molecule has 2 aromatic rings. The summed E-state index contributed by atoms with van der Waals surface area (Å²) >= 11 is 0. The maximum Gasteiger partial charge on any atom is 0.317 e. The highest BCUT2D eigenvalue weighted by molar-refractivity contribution is 5.74. The van der Waals surface area contributed by atoms with Crippen LogP contribution >= 0.6 is 0 Å². The number of rotatable bonds is 4. The van der Waals surface area contributed by atoms with Gasteiger partial charge < -0.3 is 19.5 Å². The Morgan fingerprint density at radius 3 is 2.92 bits per heavy atom. The lowest BCUT2D eigenvalue weighted by Crippen LogP contribution is -2.48. The van der Waals surface area contributed by atoms with E-state index >= 15 is 0 Å². The van der Waals surface area contributed by atoms with Crippen molar-refractivity contribution in [3.8, 4) is 0 Å². The van der Waals surface area contributed by atoms with Crippen molar-refractivity contribution < 1.29 is 9.53 Å². The second-order valence-corrected chi connectivity index (χ2v) is 6.60. The molecule has 1 atom stereocenters. The van der Waals surface area contributed by atoms with Gasteiger partial charge in [-0.15, -0.1) is 0 Å². The lowest BCUT2D eigenvalue weighted by atomic mass is 10.1. The Morgan fingerprint density at radius 2 is 2.12 bits per heavy atom. The van der Waals surface area contributed by atoms with Crippen molar-refractivity contribution >= 4 is 6.03 Å². The van der Waals surface area contributed by atoms with Crippen LogP contribution in [0.4, 0.5) is 4.79 Å². The fraction of sp³-hybridized carbons (Fsp3) is 0.500. The second kappa shape index (κ2) is 7.84. The summed E-state index contributed by atoms with van der Waals surface area (Å²) in [5, 5.41) is 3.11. The zero-order chi connectivity index (χ0) is 17.8. The van der Waals surface area contributed by atoms with Gasteiger partial charge in [0.25, 0.3) is 0 Å². The molecular weight excluding hydrogens is 332 g/mol. The van der Waals surface area contributed by atoms with Crippen molar-refractivity contribution in [3.63, 3.8) is 0 Å².